The lowest BCUT2D eigenvalue weighted by Gasteiger charge is -2.19. The van der Waals surface area contributed by atoms with E-state index in [2.05, 4.69) is 5.32 Å². The van der Waals surface area contributed by atoms with E-state index < -0.39 is 29.7 Å². The molecule has 0 spiro atoms. The summed E-state index contributed by atoms with van der Waals surface area (Å²) in [6, 6.07) is 12.0. The van der Waals surface area contributed by atoms with Crippen LogP contribution in [0, 0.1) is 18.7 Å². The molecule has 3 rings (SSSR count). The summed E-state index contributed by atoms with van der Waals surface area (Å²) in [6.45, 7) is 2.16. The highest BCUT2D eigenvalue weighted by atomic mass is 19.1. The van der Waals surface area contributed by atoms with Crippen LogP contribution in [0.15, 0.2) is 48.5 Å². The van der Waals surface area contributed by atoms with Crippen LogP contribution >= 0.6 is 0 Å². The van der Waals surface area contributed by atoms with Crippen LogP contribution < -0.4 is 5.32 Å². The topological polar surface area (TPSA) is 86.7 Å². The number of halogens is 1. The Labute approximate surface area is 162 Å². The second-order valence-corrected chi connectivity index (χ2v) is 6.95. The largest absolute Gasteiger partial charge is 0.479 e. The van der Waals surface area contributed by atoms with Gasteiger partial charge in [0.1, 0.15) is 5.82 Å². The first kappa shape index (κ1) is 19.5. The highest BCUT2D eigenvalue weighted by molar-refractivity contribution is 5.91. The molecule has 1 aliphatic rings. The summed E-state index contributed by atoms with van der Waals surface area (Å²) >= 11 is 0. The summed E-state index contributed by atoms with van der Waals surface area (Å²) in [6.07, 6.45) is 0.0352. The van der Waals surface area contributed by atoms with Crippen molar-refractivity contribution in [2.45, 2.75) is 25.9 Å². The van der Waals surface area contributed by atoms with Crippen LogP contribution in [0.4, 0.5) is 4.39 Å². The minimum absolute atomic E-state index is 0.0352. The molecule has 7 heteroatoms. The first-order valence-corrected chi connectivity index (χ1v) is 8.96. The van der Waals surface area contributed by atoms with Crippen molar-refractivity contribution in [3.63, 3.8) is 0 Å². The number of likely N-dealkylation sites (tertiary alicyclic amines) is 1. The Kier molecular flexibility index (Phi) is 5.73. The quantitative estimate of drug-likeness (QED) is 0.801. The van der Waals surface area contributed by atoms with Crippen molar-refractivity contribution < 1.29 is 23.9 Å². The second-order valence-electron chi connectivity index (χ2n) is 6.95. The number of carbonyl (C=O) groups is 3. The molecule has 0 saturated carbocycles. The SMILES string of the molecule is Cc1cc(C(NC(=O)C2CC(=O)N(Cc3ccccc3)C2)C(=O)O)ccc1F. The van der Waals surface area contributed by atoms with Gasteiger partial charge in [0.25, 0.3) is 0 Å². The van der Waals surface area contributed by atoms with E-state index in [9.17, 15) is 23.9 Å². The second kappa shape index (κ2) is 8.21. The number of benzene rings is 2. The van der Waals surface area contributed by atoms with Crippen LogP contribution in [0.1, 0.15) is 29.2 Å². The smallest absolute Gasteiger partial charge is 0.330 e. The maximum Gasteiger partial charge on any atom is 0.330 e. The van der Waals surface area contributed by atoms with Crippen molar-refractivity contribution in [2.75, 3.05) is 6.54 Å². The van der Waals surface area contributed by atoms with Gasteiger partial charge in [0.2, 0.25) is 11.8 Å². The van der Waals surface area contributed by atoms with Crippen LogP contribution in [0.2, 0.25) is 0 Å². The van der Waals surface area contributed by atoms with Crippen molar-refractivity contribution in [2.24, 2.45) is 5.92 Å². The molecule has 0 aliphatic carbocycles. The van der Waals surface area contributed by atoms with Gasteiger partial charge in [0.15, 0.2) is 6.04 Å². The number of hydrogen-bond donors (Lipinski definition) is 2. The maximum atomic E-state index is 13.5. The summed E-state index contributed by atoms with van der Waals surface area (Å²) in [7, 11) is 0. The number of hydrogen-bond acceptors (Lipinski definition) is 3. The van der Waals surface area contributed by atoms with Crippen LogP contribution in [0.25, 0.3) is 0 Å². The number of nitrogens with zero attached hydrogens (tertiary/aromatic N) is 1. The minimum atomic E-state index is -1.30. The summed E-state index contributed by atoms with van der Waals surface area (Å²) < 4.78 is 13.5. The van der Waals surface area contributed by atoms with Gasteiger partial charge in [0.05, 0.1) is 5.92 Å². The van der Waals surface area contributed by atoms with E-state index in [0.717, 1.165) is 5.56 Å². The monoisotopic (exact) mass is 384 g/mol. The van der Waals surface area contributed by atoms with Gasteiger partial charge in [0, 0.05) is 19.5 Å². The van der Waals surface area contributed by atoms with Crippen molar-refractivity contribution in [1.29, 1.82) is 0 Å². The molecule has 2 aromatic rings. The summed E-state index contributed by atoms with van der Waals surface area (Å²) in [5.74, 6) is -2.96. The van der Waals surface area contributed by atoms with Crippen LogP contribution in [-0.2, 0) is 20.9 Å². The Morgan fingerprint density at radius 1 is 1.25 bits per heavy atom. The van der Waals surface area contributed by atoms with Crippen LogP contribution in [0.5, 0.6) is 0 Å². The average Bonchev–Trinajstić information content (AvgIpc) is 3.03. The van der Waals surface area contributed by atoms with Crippen LogP contribution in [0.3, 0.4) is 0 Å². The Hall–Kier alpha value is -3.22. The van der Waals surface area contributed by atoms with Gasteiger partial charge in [-0.25, -0.2) is 9.18 Å². The number of rotatable bonds is 6. The number of carboxylic acid groups (broad SMARTS) is 1. The molecule has 1 heterocycles. The zero-order chi connectivity index (χ0) is 20.3. The molecule has 2 atom stereocenters. The summed E-state index contributed by atoms with van der Waals surface area (Å²) in [5, 5.41) is 12.0. The molecule has 2 amide bonds. The van der Waals surface area contributed by atoms with Crippen molar-refractivity contribution in [3.8, 4) is 0 Å². The zero-order valence-corrected chi connectivity index (χ0v) is 15.4. The standard InChI is InChI=1S/C21H21FN2O4/c1-13-9-15(7-8-17(13)22)19(21(27)28)23-20(26)16-10-18(25)24(12-16)11-14-5-3-2-4-6-14/h2-9,16,19H,10-12H2,1H3,(H,23,26)(H,27,28). The van der Waals surface area contributed by atoms with Gasteiger partial charge in [-0.15, -0.1) is 0 Å². The molecule has 146 valence electrons. The van der Waals surface area contributed by atoms with Crippen molar-refractivity contribution in [1.82, 2.24) is 10.2 Å². The first-order chi connectivity index (χ1) is 13.3. The Morgan fingerprint density at radius 2 is 1.96 bits per heavy atom. The summed E-state index contributed by atoms with van der Waals surface area (Å²) in [5.41, 5.74) is 1.54. The molecule has 0 aromatic heterocycles. The molecule has 6 nitrogen and oxygen atoms in total. The fourth-order valence-electron chi connectivity index (χ4n) is 3.30. The van der Waals surface area contributed by atoms with E-state index in [4.69, 9.17) is 0 Å². The van der Waals surface area contributed by atoms with E-state index in [1.165, 1.54) is 25.1 Å². The maximum absolute atomic E-state index is 13.5. The van der Waals surface area contributed by atoms with Gasteiger partial charge in [-0.3, -0.25) is 9.59 Å². The fraction of sp³-hybridized carbons (Fsp3) is 0.286. The molecule has 1 saturated heterocycles. The highest BCUT2D eigenvalue weighted by Crippen LogP contribution is 2.23. The van der Waals surface area contributed by atoms with Gasteiger partial charge in [-0.05, 0) is 29.7 Å². The number of nitrogens with one attached hydrogen (secondary N) is 1. The molecular formula is C21H21FN2O4. The number of aliphatic carboxylic acids is 1. The molecular weight excluding hydrogens is 363 g/mol. The minimum Gasteiger partial charge on any atom is -0.479 e. The molecule has 2 unspecified atom stereocenters. The third-order valence-electron chi connectivity index (χ3n) is 4.85. The normalized spacial score (nSPS) is 17.4. The zero-order valence-electron chi connectivity index (χ0n) is 15.4. The fourth-order valence-corrected chi connectivity index (χ4v) is 3.30. The van der Waals surface area contributed by atoms with Crippen molar-refractivity contribution >= 4 is 17.8 Å². The van der Waals surface area contributed by atoms with E-state index in [1.54, 1.807) is 4.90 Å². The molecule has 1 aliphatic heterocycles. The third-order valence-corrected chi connectivity index (χ3v) is 4.85. The van der Waals surface area contributed by atoms with E-state index in [1.807, 2.05) is 30.3 Å². The molecule has 2 N–H and O–H groups in total. The number of carbonyl (C=O) groups excluding carboxylic acids is 2. The molecule has 28 heavy (non-hydrogen) atoms. The van der Waals surface area contributed by atoms with E-state index in [0.29, 0.717) is 12.1 Å². The molecule has 2 aromatic carbocycles. The predicted octanol–water partition coefficient (Wildman–Crippen LogP) is 2.42. The van der Waals surface area contributed by atoms with E-state index in [-0.39, 0.29) is 24.4 Å². The lowest BCUT2D eigenvalue weighted by molar-refractivity contribution is -0.142. The number of carboxylic acids is 1. The Morgan fingerprint density at radius 3 is 2.61 bits per heavy atom. The van der Waals surface area contributed by atoms with Gasteiger partial charge >= 0.3 is 5.97 Å². The van der Waals surface area contributed by atoms with Crippen LogP contribution in [-0.4, -0.2) is 34.3 Å². The number of amides is 2. The lowest BCUT2D eigenvalue weighted by atomic mass is 10.0. The van der Waals surface area contributed by atoms with E-state index >= 15 is 0 Å². The highest BCUT2D eigenvalue weighted by Gasteiger charge is 2.36. The molecule has 0 radical (unpaired) electrons. The lowest BCUT2D eigenvalue weighted by Crippen LogP contribution is -2.38. The molecule has 0 bridgehead atoms. The summed E-state index contributed by atoms with van der Waals surface area (Å²) in [4.78, 5) is 38.1. The molecule has 1 fully saturated rings. The van der Waals surface area contributed by atoms with Gasteiger partial charge in [-0.1, -0.05) is 42.5 Å². The average molecular weight is 384 g/mol. The predicted molar refractivity (Wildman–Crippen MR) is 99.6 cm³/mol. The van der Waals surface area contributed by atoms with Crippen molar-refractivity contribution in [3.05, 3.63) is 71.0 Å². The Bertz CT molecular complexity index is 901. The third kappa shape index (κ3) is 4.36. The first-order valence-electron chi connectivity index (χ1n) is 8.96. The van der Waals surface area contributed by atoms with Gasteiger partial charge in [-0.2, -0.15) is 0 Å². The Balaban J connectivity index is 1.68. The number of aryl methyl sites for hydroxylation is 1. The van der Waals surface area contributed by atoms with Gasteiger partial charge < -0.3 is 15.3 Å².